The average molecular weight is 481 g/mol. The van der Waals surface area contributed by atoms with Gasteiger partial charge < -0.3 is 10.1 Å². The molecule has 1 aliphatic rings. The first kappa shape index (κ1) is 22.8. The van der Waals surface area contributed by atoms with Gasteiger partial charge in [-0.25, -0.2) is 9.97 Å². The van der Waals surface area contributed by atoms with Gasteiger partial charge >= 0.3 is 6.18 Å². The van der Waals surface area contributed by atoms with Crippen molar-refractivity contribution >= 4 is 16.9 Å². The van der Waals surface area contributed by atoms with Crippen molar-refractivity contribution in [3.8, 4) is 11.6 Å². The van der Waals surface area contributed by atoms with E-state index in [4.69, 9.17) is 9.72 Å². The Morgan fingerprint density at radius 1 is 1.17 bits per heavy atom. The lowest BCUT2D eigenvalue weighted by atomic mass is 10.1. The molecule has 0 unspecified atom stereocenters. The fraction of sp³-hybridized carbons (Fsp3) is 0.280. The molecule has 7 nitrogen and oxygen atoms in total. The molecular weight excluding hydrogens is 459 g/mol. The topological polar surface area (TPSA) is 81.9 Å². The number of hydrogen-bond acceptors (Lipinski definition) is 5. The van der Waals surface area contributed by atoms with Gasteiger partial charge in [0.25, 0.3) is 5.91 Å². The van der Waals surface area contributed by atoms with Crippen molar-refractivity contribution in [3.05, 3.63) is 77.2 Å². The summed E-state index contributed by atoms with van der Waals surface area (Å²) in [4.78, 5) is 22.3. The van der Waals surface area contributed by atoms with Gasteiger partial charge in [0.2, 0.25) is 0 Å². The van der Waals surface area contributed by atoms with Gasteiger partial charge in [-0.3, -0.25) is 4.79 Å². The van der Waals surface area contributed by atoms with E-state index >= 15 is 0 Å². The number of rotatable bonds is 7. The van der Waals surface area contributed by atoms with Crippen molar-refractivity contribution in [2.75, 3.05) is 13.2 Å². The Labute approximate surface area is 199 Å². The van der Waals surface area contributed by atoms with Crippen LogP contribution in [0.1, 0.15) is 46.1 Å². The minimum absolute atomic E-state index is 0.0168. The fourth-order valence-electron chi connectivity index (χ4n) is 3.91. The number of benzene rings is 1. The number of halogens is 3. The molecule has 3 heterocycles. The van der Waals surface area contributed by atoms with E-state index in [0.717, 1.165) is 30.7 Å². The van der Waals surface area contributed by atoms with Crippen LogP contribution in [0, 0.1) is 6.92 Å². The summed E-state index contributed by atoms with van der Waals surface area (Å²) in [6.45, 7) is 1.95. The number of fused-ring (bicyclic) bond motifs is 1. The minimum Gasteiger partial charge on any atom is -0.492 e. The van der Waals surface area contributed by atoms with Crippen LogP contribution in [0.3, 0.4) is 0 Å². The summed E-state index contributed by atoms with van der Waals surface area (Å²) in [5.74, 6) is 0.675. The molecule has 1 aliphatic carbocycles. The summed E-state index contributed by atoms with van der Waals surface area (Å²) < 4.78 is 45.7. The maximum atomic E-state index is 13.2. The van der Waals surface area contributed by atoms with Crippen LogP contribution in [0.4, 0.5) is 13.2 Å². The largest absolute Gasteiger partial charge is 0.492 e. The van der Waals surface area contributed by atoms with Crippen molar-refractivity contribution < 1.29 is 22.7 Å². The first-order chi connectivity index (χ1) is 16.8. The Bertz CT molecular complexity index is 1380. The number of carbonyl (C=O) groups excluding carboxylic acids is 1. The van der Waals surface area contributed by atoms with E-state index in [1.54, 1.807) is 16.9 Å². The first-order valence-electron chi connectivity index (χ1n) is 11.2. The van der Waals surface area contributed by atoms with Crippen molar-refractivity contribution in [2.45, 2.75) is 31.9 Å². The second-order valence-corrected chi connectivity index (χ2v) is 8.38. The highest BCUT2D eigenvalue weighted by molar-refractivity contribution is 6.06. The van der Waals surface area contributed by atoms with Crippen LogP contribution >= 0.6 is 0 Å². The number of aromatic nitrogens is 4. The standard InChI is InChI=1S/C25H22F3N5O2/c1-15-22-19(24(34)30-11-12-35-18-6-4-5-17(13-18)25(26,27)28)14-20(16-8-9-16)31-23(22)33(32-15)21-7-2-3-10-29-21/h2-7,10,13-14,16H,8-9,11-12H2,1H3,(H,30,34). The van der Waals surface area contributed by atoms with E-state index in [1.165, 1.54) is 12.1 Å². The van der Waals surface area contributed by atoms with Crippen LogP contribution in [0.5, 0.6) is 5.75 Å². The SMILES string of the molecule is Cc1nn(-c2ccccn2)c2nc(C3CC3)cc(C(=O)NCCOc3cccc(C(F)(F)F)c3)c12. The van der Waals surface area contributed by atoms with Gasteiger partial charge in [-0.2, -0.15) is 23.0 Å². The molecule has 1 fully saturated rings. The smallest absolute Gasteiger partial charge is 0.416 e. The maximum absolute atomic E-state index is 13.2. The van der Waals surface area contributed by atoms with Gasteiger partial charge in [-0.15, -0.1) is 0 Å². The van der Waals surface area contributed by atoms with E-state index in [0.29, 0.717) is 34.0 Å². The molecule has 4 aromatic rings. The second kappa shape index (κ2) is 9.01. The molecule has 0 aliphatic heterocycles. The predicted octanol–water partition coefficient (Wildman–Crippen LogP) is 4.83. The van der Waals surface area contributed by atoms with E-state index in [-0.39, 0.29) is 24.8 Å². The molecule has 0 saturated heterocycles. The van der Waals surface area contributed by atoms with Crippen LogP contribution < -0.4 is 10.1 Å². The highest BCUT2D eigenvalue weighted by atomic mass is 19.4. The number of alkyl halides is 3. The van der Waals surface area contributed by atoms with E-state index in [2.05, 4.69) is 15.4 Å². The van der Waals surface area contributed by atoms with Gasteiger partial charge in [0, 0.05) is 17.8 Å². The van der Waals surface area contributed by atoms with Crippen LogP contribution in [0.2, 0.25) is 0 Å². The number of nitrogens with one attached hydrogen (secondary N) is 1. The van der Waals surface area contributed by atoms with Gasteiger partial charge in [-0.1, -0.05) is 12.1 Å². The Morgan fingerprint density at radius 2 is 2.00 bits per heavy atom. The summed E-state index contributed by atoms with van der Waals surface area (Å²) in [7, 11) is 0. The van der Waals surface area contributed by atoms with Gasteiger partial charge in [0.15, 0.2) is 11.5 Å². The van der Waals surface area contributed by atoms with Crippen LogP contribution in [0.15, 0.2) is 54.7 Å². The number of pyridine rings is 2. The second-order valence-electron chi connectivity index (χ2n) is 8.38. The predicted molar refractivity (Wildman–Crippen MR) is 123 cm³/mol. The zero-order valence-electron chi connectivity index (χ0n) is 18.8. The summed E-state index contributed by atoms with van der Waals surface area (Å²) in [5.41, 5.74) is 1.71. The van der Waals surface area contributed by atoms with Crippen molar-refractivity contribution in [1.82, 2.24) is 25.1 Å². The fourth-order valence-corrected chi connectivity index (χ4v) is 3.91. The highest BCUT2D eigenvalue weighted by Crippen LogP contribution is 2.40. The molecule has 35 heavy (non-hydrogen) atoms. The Hall–Kier alpha value is -3.95. The number of hydrogen-bond donors (Lipinski definition) is 1. The molecule has 1 amide bonds. The first-order valence-corrected chi connectivity index (χ1v) is 11.2. The summed E-state index contributed by atoms with van der Waals surface area (Å²) in [6.07, 6.45) is -0.750. The molecule has 0 spiro atoms. The van der Waals surface area contributed by atoms with E-state index in [1.807, 2.05) is 25.1 Å². The Morgan fingerprint density at radius 3 is 2.71 bits per heavy atom. The Balaban J connectivity index is 1.36. The molecule has 1 aromatic carbocycles. The zero-order chi connectivity index (χ0) is 24.6. The molecule has 1 N–H and O–H groups in total. The third-order valence-electron chi connectivity index (χ3n) is 5.76. The number of nitrogens with zero attached hydrogens (tertiary/aromatic N) is 4. The number of aryl methyl sites for hydroxylation is 1. The van der Waals surface area contributed by atoms with Gasteiger partial charge in [0.1, 0.15) is 12.4 Å². The maximum Gasteiger partial charge on any atom is 0.416 e. The normalized spacial score (nSPS) is 13.7. The lowest BCUT2D eigenvalue weighted by Gasteiger charge is -2.12. The van der Waals surface area contributed by atoms with Crippen LogP contribution in [-0.2, 0) is 6.18 Å². The van der Waals surface area contributed by atoms with Crippen molar-refractivity contribution in [1.29, 1.82) is 0 Å². The third kappa shape index (κ3) is 4.82. The molecule has 0 atom stereocenters. The molecular formula is C25H22F3N5O2. The van der Waals surface area contributed by atoms with Crippen LogP contribution in [0.25, 0.3) is 16.9 Å². The summed E-state index contributed by atoms with van der Waals surface area (Å²) in [5, 5.41) is 8.02. The highest BCUT2D eigenvalue weighted by Gasteiger charge is 2.31. The van der Waals surface area contributed by atoms with E-state index in [9.17, 15) is 18.0 Å². The van der Waals surface area contributed by atoms with Gasteiger partial charge in [-0.05, 0) is 56.2 Å². The molecule has 10 heteroatoms. The van der Waals surface area contributed by atoms with Crippen molar-refractivity contribution in [3.63, 3.8) is 0 Å². The average Bonchev–Trinajstić information content (AvgIpc) is 3.65. The molecule has 180 valence electrons. The Kier molecular flexibility index (Phi) is 5.88. The lowest BCUT2D eigenvalue weighted by Crippen LogP contribution is -2.28. The molecule has 1 saturated carbocycles. The van der Waals surface area contributed by atoms with Gasteiger partial charge in [0.05, 0.1) is 28.8 Å². The summed E-state index contributed by atoms with van der Waals surface area (Å²) >= 11 is 0. The lowest BCUT2D eigenvalue weighted by molar-refractivity contribution is -0.137. The monoisotopic (exact) mass is 481 g/mol. The number of amides is 1. The zero-order valence-corrected chi connectivity index (χ0v) is 18.8. The molecule has 3 aromatic heterocycles. The minimum atomic E-state index is -4.45. The van der Waals surface area contributed by atoms with E-state index < -0.39 is 11.7 Å². The molecule has 5 rings (SSSR count). The number of ether oxygens (including phenoxy) is 1. The number of carbonyl (C=O) groups is 1. The quantitative estimate of drug-likeness (QED) is 0.383. The summed E-state index contributed by atoms with van der Waals surface area (Å²) in [6, 6.07) is 11.9. The molecule has 0 radical (unpaired) electrons. The van der Waals surface area contributed by atoms with Crippen LogP contribution in [-0.4, -0.2) is 38.8 Å². The van der Waals surface area contributed by atoms with Crippen molar-refractivity contribution in [2.24, 2.45) is 0 Å². The molecule has 0 bridgehead atoms. The third-order valence-corrected chi connectivity index (χ3v) is 5.76.